The Morgan fingerprint density at radius 2 is 2.22 bits per heavy atom. The van der Waals surface area contributed by atoms with Crippen molar-refractivity contribution in [3.8, 4) is 0 Å². The minimum Gasteiger partial charge on any atom is -0.382 e. The summed E-state index contributed by atoms with van der Waals surface area (Å²) >= 11 is 0. The fraction of sp³-hybridized carbons (Fsp3) is 0.417. The predicted octanol–water partition coefficient (Wildman–Crippen LogP) is 0.963. The molecule has 0 aliphatic rings. The molecule has 0 bridgehead atoms. The number of nitrogens with zero attached hydrogens (tertiary/aromatic N) is 4. The third kappa shape index (κ3) is 2.65. The Morgan fingerprint density at radius 3 is 2.94 bits per heavy atom. The minimum atomic E-state index is 0.407. The van der Waals surface area contributed by atoms with Crippen LogP contribution in [-0.2, 0) is 6.54 Å². The van der Waals surface area contributed by atoms with Crippen molar-refractivity contribution >= 4 is 17.0 Å². The molecule has 6 heteroatoms. The van der Waals surface area contributed by atoms with E-state index in [4.69, 9.17) is 5.73 Å². The quantitative estimate of drug-likeness (QED) is 0.768. The normalized spacial score (nSPS) is 11.3. The number of imidazole rings is 1. The molecule has 2 aromatic heterocycles. The molecule has 0 aliphatic carbocycles. The van der Waals surface area contributed by atoms with Gasteiger partial charge in [0.15, 0.2) is 11.5 Å². The second kappa shape index (κ2) is 5.14. The second-order valence-corrected chi connectivity index (χ2v) is 4.59. The molecule has 0 saturated carbocycles. The topological polar surface area (TPSA) is 81.7 Å². The summed E-state index contributed by atoms with van der Waals surface area (Å²) in [7, 11) is 0. The Balaban J connectivity index is 2.12. The summed E-state index contributed by atoms with van der Waals surface area (Å²) in [6.45, 7) is 9.70. The van der Waals surface area contributed by atoms with Gasteiger partial charge in [-0.3, -0.25) is 0 Å². The van der Waals surface area contributed by atoms with Crippen LogP contribution in [0.3, 0.4) is 0 Å². The predicted molar refractivity (Wildman–Crippen MR) is 72.0 cm³/mol. The van der Waals surface area contributed by atoms with Gasteiger partial charge in [-0.15, -0.1) is 0 Å². The van der Waals surface area contributed by atoms with Crippen LogP contribution >= 0.6 is 0 Å². The maximum atomic E-state index is 5.74. The first-order valence-electron chi connectivity index (χ1n) is 5.89. The molecule has 0 aromatic carbocycles. The number of hydrogen-bond donors (Lipinski definition) is 2. The molecule has 0 saturated heterocycles. The summed E-state index contributed by atoms with van der Waals surface area (Å²) in [5, 5.41) is 3.33. The number of rotatable bonds is 5. The lowest BCUT2D eigenvalue weighted by molar-refractivity contribution is 0.605. The van der Waals surface area contributed by atoms with Crippen molar-refractivity contribution in [1.29, 1.82) is 0 Å². The van der Waals surface area contributed by atoms with Gasteiger partial charge in [-0.1, -0.05) is 20.4 Å². The van der Waals surface area contributed by atoms with Crippen molar-refractivity contribution < 1.29 is 0 Å². The van der Waals surface area contributed by atoms with E-state index in [2.05, 4.69) is 40.7 Å². The molecule has 96 valence electrons. The minimum absolute atomic E-state index is 0.407. The van der Waals surface area contributed by atoms with Crippen LogP contribution < -0.4 is 11.1 Å². The number of nitrogens with one attached hydrogen (secondary N) is 1. The summed E-state index contributed by atoms with van der Waals surface area (Å²) in [6, 6.07) is 0.444. The summed E-state index contributed by atoms with van der Waals surface area (Å²) < 4.78 is 1.93. The van der Waals surface area contributed by atoms with Crippen LogP contribution in [0.1, 0.15) is 13.8 Å². The Hall–Kier alpha value is -1.95. The number of nitrogens with two attached hydrogens (primary N) is 1. The summed E-state index contributed by atoms with van der Waals surface area (Å²) in [4.78, 5) is 12.3. The zero-order valence-electron chi connectivity index (χ0n) is 10.7. The van der Waals surface area contributed by atoms with E-state index in [1.165, 1.54) is 6.33 Å². The molecule has 0 radical (unpaired) electrons. The average Bonchev–Trinajstić information content (AvgIpc) is 2.72. The lowest BCUT2D eigenvalue weighted by atomic mass is 10.2. The molecule has 6 nitrogen and oxygen atoms in total. The highest BCUT2D eigenvalue weighted by Crippen LogP contribution is 2.14. The van der Waals surface area contributed by atoms with Crippen LogP contribution in [0.15, 0.2) is 24.8 Å². The van der Waals surface area contributed by atoms with Crippen LogP contribution in [0.2, 0.25) is 0 Å². The van der Waals surface area contributed by atoms with Crippen LogP contribution in [0.25, 0.3) is 11.2 Å². The van der Waals surface area contributed by atoms with E-state index in [-0.39, 0.29) is 0 Å². The lowest BCUT2D eigenvalue weighted by Crippen LogP contribution is -2.25. The number of fused-ring (bicyclic) bond motifs is 1. The number of nitrogen functional groups attached to an aromatic ring is 1. The molecule has 2 aromatic rings. The monoisotopic (exact) mass is 246 g/mol. The first-order valence-corrected chi connectivity index (χ1v) is 5.89. The van der Waals surface area contributed by atoms with Gasteiger partial charge in [-0.2, -0.15) is 0 Å². The van der Waals surface area contributed by atoms with Crippen molar-refractivity contribution in [1.82, 2.24) is 24.8 Å². The number of anilines is 1. The Morgan fingerprint density at radius 1 is 1.44 bits per heavy atom. The standard InChI is InChI=1S/C12H18N6/c1-8(2)14-4-9(3)5-18-7-17-10-11(13)15-6-16-12(10)18/h6-8,14H,3-5H2,1-2H3,(H2,13,15,16). The third-order valence-electron chi connectivity index (χ3n) is 2.58. The van der Waals surface area contributed by atoms with Crippen molar-refractivity contribution in [2.24, 2.45) is 0 Å². The Kier molecular flexibility index (Phi) is 3.57. The van der Waals surface area contributed by atoms with Crippen molar-refractivity contribution in [2.75, 3.05) is 12.3 Å². The van der Waals surface area contributed by atoms with Gasteiger partial charge in [0.1, 0.15) is 11.8 Å². The fourth-order valence-electron chi connectivity index (χ4n) is 1.66. The maximum Gasteiger partial charge on any atom is 0.165 e. The van der Waals surface area contributed by atoms with Gasteiger partial charge >= 0.3 is 0 Å². The summed E-state index contributed by atoms with van der Waals surface area (Å²) in [6.07, 6.45) is 3.17. The Labute approximate surface area is 106 Å². The van der Waals surface area contributed by atoms with Gasteiger partial charge in [-0.25, -0.2) is 15.0 Å². The largest absolute Gasteiger partial charge is 0.382 e. The molecule has 0 unspecified atom stereocenters. The molecular weight excluding hydrogens is 228 g/mol. The fourth-order valence-corrected chi connectivity index (χ4v) is 1.66. The van der Waals surface area contributed by atoms with E-state index in [9.17, 15) is 0 Å². The van der Waals surface area contributed by atoms with Gasteiger partial charge < -0.3 is 15.6 Å². The number of aromatic nitrogens is 4. The zero-order chi connectivity index (χ0) is 13.1. The molecule has 2 heterocycles. The smallest absolute Gasteiger partial charge is 0.165 e. The van der Waals surface area contributed by atoms with Gasteiger partial charge in [0.25, 0.3) is 0 Å². The highest BCUT2D eigenvalue weighted by Gasteiger charge is 2.08. The highest BCUT2D eigenvalue weighted by atomic mass is 15.1. The van der Waals surface area contributed by atoms with Crippen molar-refractivity contribution in [3.63, 3.8) is 0 Å². The SMILES string of the molecule is C=C(CNC(C)C)Cn1cnc2c(N)ncnc21. The van der Waals surface area contributed by atoms with Crippen LogP contribution in [0.4, 0.5) is 5.82 Å². The van der Waals surface area contributed by atoms with Crippen molar-refractivity contribution in [2.45, 2.75) is 26.4 Å². The molecule has 0 spiro atoms. The average molecular weight is 246 g/mol. The molecule has 18 heavy (non-hydrogen) atoms. The Bertz CT molecular complexity index is 557. The van der Waals surface area contributed by atoms with Crippen LogP contribution in [-0.4, -0.2) is 32.1 Å². The third-order valence-corrected chi connectivity index (χ3v) is 2.58. The first kappa shape index (κ1) is 12.5. The van der Waals surface area contributed by atoms with Crippen LogP contribution in [0.5, 0.6) is 0 Å². The molecule has 0 fully saturated rings. The summed E-state index contributed by atoms with van der Waals surface area (Å²) in [5.41, 5.74) is 8.19. The van der Waals surface area contributed by atoms with E-state index in [0.717, 1.165) is 17.8 Å². The molecule has 2 rings (SSSR count). The zero-order valence-corrected chi connectivity index (χ0v) is 10.7. The highest BCUT2D eigenvalue weighted by molar-refractivity contribution is 5.81. The summed E-state index contributed by atoms with van der Waals surface area (Å²) in [5.74, 6) is 0.407. The van der Waals surface area contributed by atoms with E-state index in [1.54, 1.807) is 6.33 Å². The molecule has 0 atom stereocenters. The van der Waals surface area contributed by atoms with E-state index in [1.807, 2.05) is 4.57 Å². The molecule has 0 amide bonds. The lowest BCUT2D eigenvalue weighted by Gasteiger charge is -2.11. The molecule has 0 aliphatic heterocycles. The van der Waals surface area contributed by atoms with Crippen LogP contribution in [0, 0.1) is 0 Å². The van der Waals surface area contributed by atoms with E-state index >= 15 is 0 Å². The molecular formula is C12H18N6. The number of hydrogen-bond acceptors (Lipinski definition) is 5. The van der Waals surface area contributed by atoms with Gasteiger partial charge in [0.2, 0.25) is 0 Å². The first-order chi connectivity index (χ1) is 8.58. The van der Waals surface area contributed by atoms with E-state index in [0.29, 0.717) is 23.9 Å². The van der Waals surface area contributed by atoms with E-state index < -0.39 is 0 Å². The second-order valence-electron chi connectivity index (χ2n) is 4.59. The van der Waals surface area contributed by atoms with Crippen molar-refractivity contribution in [3.05, 3.63) is 24.8 Å². The maximum absolute atomic E-state index is 5.74. The molecule has 3 N–H and O–H groups in total. The van der Waals surface area contributed by atoms with Gasteiger partial charge in [0.05, 0.1) is 6.33 Å². The van der Waals surface area contributed by atoms with Gasteiger partial charge in [-0.05, 0) is 5.57 Å². The van der Waals surface area contributed by atoms with Gasteiger partial charge in [0, 0.05) is 19.1 Å².